The molecule has 1 amide bonds. The lowest BCUT2D eigenvalue weighted by molar-refractivity contribution is -0.141. The van der Waals surface area contributed by atoms with Crippen LogP contribution in [0.5, 0.6) is 11.5 Å². The van der Waals surface area contributed by atoms with E-state index in [-0.39, 0.29) is 34.8 Å². The van der Waals surface area contributed by atoms with Gasteiger partial charge in [0.2, 0.25) is 0 Å². The Morgan fingerprint density at radius 3 is 2.29 bits per heavy atom. The molecule has 0 aliphatic rings. The predicted molar refractivity (Wildman–Crippen MR) is 113 cm³/mol. The third-order valence-electron chi connectivity index (χ3n) is 4.69. The number of alkyl halides is 6. The first-order chi connectivity index (χ1) is 15.9. The molecule has 0 aliphatic heterocycles. The van der Waals surface area contributed by atoms with E-state index in [1.807, 2.05) is 0 Å². The normalized spacial score (nSPS) is 11.9. The molecule has 0 fully saturated rings. The molecule has 0 spiro atoms. The van der Waals surface area contributed by atoms with Crippen LogP contribution >= 0.6 is 11.3 Å². The molecule has 0 atom stereocenters. The topological polar surface area (TPSA) is 60.5 Å². The summed E-state index contributed by atoms with van der Waals surface area (Å²) in [7, 11) is 2.78. The highest BCUT2D eigenvalue weighted by atomic mass is 32.1. The summed E-state index contributed by atoms with van der Waals surface area (Å²) in [6, 6.07) is 8.91. The van der Waals surface area contributed by atoms with Gasteiger partial charge < -0.3 is 14.8 Å². The average molecular weight is 504 g/mol. The van der Waals surface area contributed by atoms with Crippen molar-refractivity contribution in [2.24, 2.45) is 0 Å². The van der Waals surface area contributed by atoms with Gasteiger partial charge in [-0.1, -0.05) is 18.2 Å². The fourth-order valence-corrected chi connectivity index (χ4v) is 4.06. The molecule has 0 radical (unpaired) electrons. The van der Waals surface area contributed by atoms with Gasteiger partial charge >= 0.3 is 12.4 Å². The molecule has 0 aliphatic carbocycles. The smallest absolute Gasteiger partial charge is 0.435 e. The zero-order valence-electron chi connectivity index (χ0n) is 17.8. The lowest BCUT2D eigenvalue weighted by Gasteiger charge is -2.10. The van der Waals surface area contributed by atoms with Crippen molar-refractivity contribution >= 4 is 17.2 Å². The number of hydrogen-bond donors (Lipinski definition) is 1. The van der Waals surface area contributed by atoms with Gasteiger partial charge in [0.1, 0.15) is 9.88 Å². The van der Waals surface area contributed by atoms with Crippen LogP contribution in [-0.4, -0.2) is 31.7 Å². The minimum absolute atomic E-state index is 0.00164. The summed E-state index contributed by atoms with van der Waals surface area (Å²) in [4.78, 5) is 15.5. The molecular weight excluding hydrogens is 486 g/mol. The van der Waals surface area contributed by atoms with Crippen LogP contribution in [-0.2, 0) is 18.8 Å². The summed E-state index contributed by atoms with van der Waals surface area (Å²) in [6.07, 6.45) is -9.42. The molecule has 1 aromatic heterocycles. The zero-order chi connectivity index (χ0) is 25.1. The van der Waals surface area contributed by atoms with Crippen LogP contribution in [0.15, 0.2) is 42.5 Å². The van der Waals surface area contributed by atoms with Crippen molar-refractivity contribution in [3.05, 3.63) is 64.2 Å². The van der Waals surface area contributed by atoms with E-state index in [1.165, 1.54) is 44.6 Å². The van der Waals surface area contributed by atoms with Crippen LogP contribution in [0.25, 0.3) is 10.6 Å². The Kier molecular flexibility index (Phi) is 7.39. The number of rotatable bonds is 7. The van der Waals surface area contributed by atoms with Crippen LogP contribution < -0.4 is 14.8 Å². The maximum Gasteiger partial charge on any atom is 0.435 e. The highest BCUT2D eigenvalue weighted by Crippen LogP contribution is 2.40. The molecule has 0 saturated carbocycles. The van der Waals surface area contributed by atoms with E-state index < -0.39 is 34.4 Å². The maximum absolute atomic E-state index is 13.6. The van der Waals surface area contributed by atoms with Crippen molar-refractivity contribution in [1.29, 1.82) is 0 Å². The average Bonchev–Trinajstić information content (AvgIpc) is 3.24. The van der Waals surface area contributed by atoms with Gasteiger partial charge in [-0.05, 0) is 36.2 Å². The molecule has 0 bridgehead atoms. The van der Waals surface area contributed by atoms with Crippen LogP contribution in [0.1, 0.15) is 26.5 Å². The van der Waals surface area contributed by atoms with E-state index in [0.717, 1.165) is 12.1 Å². The molecular formula is C22H18F6N2O3S. The molecule has 0 saturated heterocycles. The van der Waals surface area contributed by atoms with E-state index >= 15 is 0 Å². The molecule has 34 heavy (non-hydrogen) atoms. The number of hydrogen-bond acceptors (Lipinski definition) is 5. The van der Waals surface area contributed by atoms with Gasteiger partial charge in [-0.15, -0.1) is 11.3 Å². The molecule has 1 N–H and O–H groups in total. The molecule has 1 heterocycles. The summed E-state index contributed by atoms with van der Waals surface area (Å²) >= 11 is 0.544. The monoisotopic (exact) mass is 504 g/mol. The van der Waals surface area contributed by atoms with Crippen LogP contribution in [0.2, 0.25) is 0 Å². The van der Waals surface area contributed by atoms with Crippen molar-refractivity contribution in [1.82, 2.24) is 10.3 Å². The van der Waals surface area contributed by atoms with Gasteiger partial charge in [0.15, 0.2) is 17.2 Å². The van der Waals surface area contributed by atoms with Gasteiger partial charge in [-0.25, -0.2) is 4.98 Å². The third-order valence-corrected chi connectivity index (χ3v) is 5.79. The summed E-state index contributed by atoms with van der Waals surface area (Å²) in [6.45, 7) is -0.166. The Balaban J connectivity index is 1.81. The summed E-state index contributed by atoms with van der Waals surface area (Å²) in [5.74, 6) is -0.384. The summed E-state index contributed by atoms with van der Waals surface area (Å²) in [5, 5.41) is 2.27. The predicted octanol–water partition coefficient (Wildman–Crippen LogP) is 5.84. The van der Waals surface area contributed by atoms with Crippen LogP contribution in [0.4, 0.5) is 26.3 Å². The largest absolute Gasteiger partial charge is 0.493 e. The standard InChI is InChI=1S/C22H18F6N2O3S/c1-32-15-7-6-13(11-16(15)33-2)20-30-18(22(26,27)28)17(34-20)19(31)29-9-8-12-4-3-5-14(10-12)21(23,24)25/h3-7,10-11H,8-9H2,1-2H3,(H,29,31). The fraction of sp³-hybridized carbons (Fsp3) is 0.273. The van der Waals surface area contributed by atoms with E-state index in [4.69, 9.17) is 9.47 Å². The second-order valence-electron chi connectivity index (χ2n) is 6.97. The first-order valence-electron chi connectivity index (χ1n) is 9.68. The second-order valence-corrected chi connectivity index (χ2v) is 7.97. The first-order valence-corrected chi connectivity index (χ1v) is 10.5. The Morgan fingerprint density at radius 2 is 1.68 bits per heavy atom. The van der Waals surface area contributed by atoms with Gasteiger partial charge in [-0.2, -0.15) is 26.3 Å². The fourth-order valence-electron chi connectivity index (χ4n) is 3.06. The number of halogens is 6. The SMILES string of the molecule is COc1ccc(-c2nc(C(F)(F)F)c(C(=O)NCCc3cccc(C(F)(F)F)c3)s2)cc1OC. The molecule has 0 unspecified atom stereocenters. The van der Waals surface area contributed by atoms with Gasteiger partial charge in [0, 0.05) is 12.1 Å². The summed E-state index contributed by atoms with van der Waals surface area (Å²) in [5.41, 5.74) is -1.63. The van der Waals surface area contributed by atoms with Crippen molar-refractivity contribution in [3.63, 3.8) is 0 Å². The number of nitrogens with one attached hydrogen (secondary N) is 1. The van der Waals surface area contributed by atoms with E-state index in [9.17, 15) is 31.1 Å². The molecule has 182 valence electrons. The number of methoxy groups -OCH3 is 2. The number of carbonyl (C=O) groups is 1. The maximum atomic E-state index is 13.6. The second kappa shape index (κ2) is 9.92. The van der Waals surface area contributed by atoms with Gasteiger partial charge in [-0.3, -0.25) is 4.79 Å². The molecule has 5 nitrogen and oxygen atoms in total. The quantitative estimate of drug-likeness (QED) is 0.411. The number of aromatic nitrogens is 1. The molecule has 3 aromatic rings. The Hall–Kier alpha value is -3.28. The van der Waals surface area contributed by atoms with E-state index in [0.29, 0.717) is 17.1 Å². The highest BCUT2D eigenvalue weighted by Gasteiger charge is 2.40. The Labute approximate surface area is 194 Å². The third kappa shape index (κ3) is 5.79. The van der Waals surface area contributed by atoms with E-state index in [2.05, 4.69) is 10.3 Å². The van der Waals surface area contributed by atoms with Gasteiger partial charge in [0.05, 0.1) is 19.8 Å². The summed E-state index contributed by atoms with van der Waals surface area (Å²) < 4.78 is 89.4. The first kappa shape index (κ1) is 25.3. The number of thiazole rings is 1. The number of carbonyl (C=O) groups excluding carboxylic acids is 1. The van der Waals surface area contributed by atoms with Crippen molar-refractivity contribution in [2.75, 3.05) is 20.8 Å². The minimum atomic E-state index is -4.89. The number of benzene rings is 2. The molecule has 2 aromatic carbocycles. The van der Waals surface area contributed by atoms with Gasteiger partial charge in [0.25, 0.3) is 5.91 Å². The minimum Gasteiger partial charge on any atom is -0.493 e. The van der Waals surface area contributed by atoms with E-state index in [1.54, 1.807) is 0 Å². The van der Waals surface area contributed by atoms with Crippen molar-refractivity contribution in [3.8, 4) is 22.1 Å². The highest BCUT2D eigenvalue weighted by molar-refractivity contribution is 7.17. The van der Waals surface area contributed by atoms with Crippen LogP contribution in [0.3, 0.4) is 0 Å². The number of nitrogens with zero attached hydrogens (tertiary/aromatic N) is 1. The lowest BCUT2D eigenvalue weighted by Crippen LogP contribution is -2.27. The molecule has 12 heteroatoms. The van der Waals surface area contributed by atoms with Crippen LogP contribution in [0, 0.1) is 0 Å². The molecule has 3 rings (SSSR count). The number of ether oxygens (including phenoxy) is 2. The van der Waals surface area contributed by atoms with Crippen molar-refractivity contribution in [2.45, 2.75) is 18.8 Å². The zero-order valence-corrected chi connectivity index (χ0v) is 18.6. The number of amides is 1. The Morgan fingerprint density at radius 1 is 0.971 bits per heavy atom. The lowest BCUT2D eigenvalue weighted by atomic mass is 10.1. The van der Waals surface area contributed by atoms with Crippen molar-refractivity contribution < 1.29 is 40.6 Å². The Bertz CT molecular complexity index is 1170.